The Bertz CT molecular complexity index is 319. The predicted molar refractivity (Wildman–Crippen MR) is 67.6 cm³/mol. The van der Waals surface area contributed by atoms with Crippen molar-refractivity contribution < 1.29 is 0 Å². The van der Waals surface area contributed by atoms with Crippen LogP contribution in [-0.2, 0) is 6.42 Å². The summed E-state index contributed by atoms with van der Waals surface area (Å²) in [5.74, 6) is 0. The van der Waals surface area contributed by atoms with Gasteiger partial charge in [-0.05, 0) is 42.7 Å². The number of hydrogen-bond donors (Lipinski definition) is 0. The van der Waals surface area contributed by atoms with Gasteiger partial charge in [-0.1, -0.05) is 50.7 Å². The zero-order valence-electron chi connectivity index (χ0n) is 7.87. The van der Waals surface area contributed by atoms with E-state index in [1.54, 1.807) is 0 Å². The van der Waals surface area contributed by atoms with Crippen molar-refractivity contribution in [3.05, 3.63) is 33.3 Å². The van der Waals surface area contributed by atoms with E-state index < -0.39 is 3.79 Å². The molecule has 0 aliphatic carbocycles. The van der Waals surface area contributed by atoms with E-state index >= 15 is 0 Å². The lowest BCUT2D eigenvalue weighted by molar-refractivity contribution is 0.985. The zero-order chi connectivity index (χ0) is 10.9. The van der Waals surface area contributed by atoms with E-state index in [4.69, 9.17) is 34.8 Å². The lowest BCUT2D eigenvalue weighted by atomic mass is 10.0. The number of benzene rings is 1. The molecule has 14 heavy (non-hydrogen) atoms. The van der Waals surface area contributed by atoms with Gasteiger partial charge in [0.25, 0.3) is 0 Å². The highest BCUT2D eigenvalue weighted by molar-refractivity contribution is 9.10. The van der Waals surface area contributed by atoms with Crippen LogP contribution in [-0.4, -0.2) is 3.79 Å². The Hall–Kier alpha value is 0.570. The first-order valence-electron chi connectivity index (χ1n) is 4.12. The van der Waals surface area contributed by atoms with Gasteiger partial charge in [0.05, 0.1) is 0 Å². The molecule has 0 amide bonds. The fraction of sp³-hybridized carbons (Fsp3) is 0.400. The maximum atomic E-state index is 5.77. The Morgan fingerprint density at radius 1 is 1.14 bits per heavy atom. The summed E-state index contributed by atoms with van der Waals surface area (Å²) in [7, 11) is 0. The SMILES string of the molecule is Cc1cc(Br)cc(C)c1CC(Cl)(Cl)Cl. The van der Waals surface area contributed by atoms with Gasteiger partial charge in [0.15, 0.2) is 3.79 Å². The highest BCUT2D eigenvalue weighted by Crippen LogP contribution is 2.33. The van der Waals surface area contributed by atoms with Crippen molar-refractivity contribution in [2.75, 3.05) is 0 Å². The Morgan fingerprint density at radius 2 is 1.57 bits per heavy atom. The highest BCUT2D eigenvalue weighted by atomic mass is 79.9. The Kier molecular flexibility index (Phi) is 4.16. The first kappa shape index (κ1) is 12.6. The summed E-state index contributed by atoms with van der Waals surface area (Å²) in [6.45, 7) is 4.03. The molecule has 0 heterocycles. The van der Waals surface area contributed by atoms with Crippen molar-refractivity contribution in [1.29, 1.82) is 0 Å². The highest BCUT2D eigenvalue weighted by Gasteiger charge is 2.22. The molecule has 1 rings (SSSR count). The maximum absolute atomic E-state index is 5.77. The molecule has 0 atom stereocenters. The summed E-state index contributed by atoms with van der Waals surface area (Å²) < 4.78 is -0.163. The van der Waals surface area contributed by atoms with Crippen LogP contribution in [0.1, 0.15) is 16.7 Å². The average Bonchev–Trinajstić information content (AvgIpc) is 1.95. The van der Waals surface area contributed by atoms with Crippen LogP contribution in [0.15, 0.2) is 16.6 Å². The molecule has 0 saturated carbocycles. The largest absolute Gasteiger partial charge is 0.194 e. The zero-order valence-corrected chi connectivity index (χ0v) is 11.7. The van der Waals surface area contributed by atoms with Crippen LogP contribution in [0.25, 0.3) is 0 Å². The molecule has 1 aromatic carbocycles. The third kappa shape index (κ3) is 3.62. The first-order valence-corrected chi connectivity index (χ1v) is 6.04. The quantitative estimate of drug-likeness (QED) is 0.641. The fourth-order valence-electron chi connectivity index (χ4n) is 1.42. The molecule has 0 aliphatic heterocycles. The number of halogens is 4. The van der Waals surface area contributed by atoms with Gasteiger partial charge in [-0.2, -0.15) is 0 Å². The lowest BCUT2D eigenvalue weighted by Crippen LogP contribution is -2.09. The van der Waals surface area contributed by atoms with Crippen LogP contribution in [0.3, 0.4) is 0 Å². The smallest absolute Gasteiger partial charge is 0.0833 e. The molecule has 0 aliphatic rings. The van der Waals surface area contributed by atoms with E-state index in [2.05, 4.69) is 15.9 Å². The topological polar surface area (TPSA) is 0 Å². The molecule has 4 heteroatoms. The van der Waals surface area contributed by atoms with Crippen molar-refractivity contribution in [3.63, 3.8) is 0 Å². The van der Waals surface area contributed by atoms with Gasteiger partial charge in [-0.15, -0.1) is 0 Å². The average molecular weight is 316 g/mol. The standard InChI is InChI=1S/C10H10BrCl3/c1-6-3-8(11)4-7(2)9(6)5-10(12,13)14/h3-4H,5H2,1-2H3. The molecule has 78 valence electrons. The molecule has 0 radical (unpaired) electrons. The van der Waals surface area contributed by atoms with Crippen LogP contribution in [0.4, 0.5) is 0 Å². The second-order valence-electron chi connectivity index (χ2n) is 3.31. The second-order valence-corrected chi connectivity index (χ2v) is 6.74. The Labute approximate surface area is 108 Å². The summed E-state index contributed by atoms with van der Waals surface area (Å²) in [4.78, 5) is 0. The van der Waals surface area contributed by atoms with Crippen molar-refractivity contribution in [3.8, 4) is 0 Å². The summed E-state index contributed by atoms with van der Waals surface area (Å²) >= 11 is 20.7. The van der Waals surface area contributed by atoms with Crippen LogP contribution in [0, 0.1) is 13.8 Å². The number of alkyl halides is 3. The molecule has 0 bridgehead atoms. The Morgan fingerprint density at radius 3 is 1.93 bits per heavy atom. The summed E-state index contributed by atoms with van der Waals surface area (Å²) in [5.41, 5.74) is 3.39. The van der Waals surface area contributed by atoms with E-state index in [-0.39, 0.29) is 0 Å². The molecular formula is C10H10BrCl3. The van der Waals surface area contributed by atoms with Crippen molar-refractivity contribution in [1.82, 2.24) is 0 Å². The fourth-order valence-corrected chi connectivity index (χ4v) is 2.51. The second kappa shape index (κ2) is 4.61. The van der Waals surface area contributed by atoms with E-state index in [0.29, 0.717) is 6.42 Å². The van der Waals surface area contributed by atoms with Gasteiger partial charge in [0, 0.05) is 10.9 Å². The van der Waals surface area contributed by atoms with E-state index in [0.717, 1.165) is 21.2 Å². The molecule has 1 aromatic rings. The monoisotopic (exact) mass is 314 g/mol. The molecule has 0 fully saturated rings. The Balaban J connectivity index is 3.09. The van der Waals surface area contributed by atoms with Crippen molar-refractivity contribution in [2.45, 2.75) is 24.1 Å². The third-order valence-electron chi connectivity index (χ3n) is 2.04. The maximum Gasteiger partial charge on any atom is 0.194 e. The van der Waals surface area contributed by atoms with Crippen LogP contribution in [0.5, 0.6) is 0 Å². The van der Waals surface area contributed by atoms with E-state index in [9.17, 15) is 0 Å². The van der Waals surface area contributed by atoms with Crippen LogP contribution >= 0.6 is 50.7 Å². The molecule has 0 saturated heterocycles. The van der Waals surface area contributed by atoms with Gasteiger partial charge in [0.1, 0.15) is 0 Å². The predicted octanol–water partition coefficient (Wildman–Crippen LogP) is 4.98. The molecule has 0 unspecified atom stereocenters. The minimum absolute atomic E-state index is 0.447. The van der Waals surface area contributed by atoms with Gasteiger partial charge < -0.3 is 0 Å². The van der Waals surface area contributed by atoms with E-state index in [1.165, 1.54) is 0 Å². The molecule has 0 spiro atoms. The number of hydrogen-bond acceptors (Lipinski definition) is 0. The van der Waals surface area contributed by atoms with E-state index in [1.807, 2.05) is 26.0 Å². The minimum atomic E-state index is -1.22. The van der Waals surface area contributed by atoms with Gasteiger partial charge in [0.2, 0.25) is 0 Å². The summed E-state index contributed by atoms with van der Waals surface area (Å²) in [5, 5.41) is 0. The molecular weight excluding hydrogens is 306 g/mol. The van der Waals surface area contributed by atoms with Gasteiger partial charge >= 0.3 is 0 Å². The van der Waals surface area contributed by atoms with Crippen LogP contribution in [0.2, 0.25) is 0 Å². The van der Waals surface area contributed by atoms with Gasteiger partial charge in [-0.3, -0.25) is 0 Å². The van der Waals surface area contributed by atoms with Crippen LogP contribution < -0.4 is 0 Å². The lowest BCUT2D eigenvalue weighted by Gasteiger charge is -2.15. The summed E-state index contributed by atoms with van der Waals surface area (Å²) in [6.07, 6.45) is 0.447. The normalized spacial score (nSPS) is 11.9. The third-order valence-corrected chi connectivity index (χ3v) is 2.90. The summed E-state index contributed by atoms with van der Waals surface area (Å²) in [6, 6.07) is 4.05. The number of rotatable bonds is 1. The minimum Gasteiger partial charge on any atom is -0.0833 e. The molecule has 0 N–H and O–H groups in total. The van der Waals surface area contributed by atoms with Crippen molar-refractivity contribution >= 4 is 50.7 Å². The number of aryl methyl sites for hydroxylation is 2. The molecule has 0 nitrogen and oxygen atoms in total. The molecule has 0 aromatic heterocycles. The van der Waals surface area contributed by atoms with Crippen molar-refractivity contribution in [2.24, 2.45) is 0 Å². The van der Waals surface area contributed by atoms with Gasteiger partial charge in [-0.25, -0.2) is 0 Å². The first-order chi connectivity index (χ1) is 6.29.